The molecule has 1 aromatic heterocycles. The Bertz CT molecular complexity index is 399. The SMILES string of the molecule is CC(Cc1ccsc1)NC(=O)C(C)(C)C(N)=S. The van der Waals surface area contributed by atoms with Crippen LogP contribution in [0.5, 0.6) is 0 Å². The van der Waals surface area contributed by atoms with Crippen molar-refractivity contribution in [3.8, 4) is 0 Å². The number of thiocarbonyl (C=S) groups is 1. The minimum absolute atomic E-state index is 0.0747. The fraction of sp³-hybridized carbons (Fsp3) is 0.500. The van der Waals surface area contributed by atoms with Crippen molar-refractivity contribution in [1.82, 2.24) is 5.32 Å². The lowest BCUT2D eigenvalue weighted by Gasteiger charge is -2.24. The van der Waals surface area contributed by atoms with E-state index in [1.54, 1.807) is 25.2 Å². The maximum absolute atomic E-state index is 12.0. The van der Waals surface area contributed by atoms with Gasteiger partial charge in [0.15, 0.2) is 0 Å². The second-order valence-corrected chi connectivity index (χ2v) is 5.92. The first-order valence-corrected chi connectivity index (χ1v) is 6.81. The fourth-order valence-corrected chi connectivity index (χ4v) is 2.10. The number of carbonyl (C=O) groups is 1. The normalized spacial score (nSPS) is 13.1. The van der Waals surface area contributed by atoms with E-state index in [1.165, 1.54) is 5.56 Å². The van der Waals surface area contributed by atoms with E-state index < -0.39 is 5.41 Å². The van der Waals surface area contributed by atoms with Crippen LogP contribution in [0.15, 0.2) is 16.8 Å². The number of carbonyl (C=O) groups excluding carboxylic acids is 1. The van der Waals surface area contributed by atoms with Gasteiger partial charge in [0.05, 0.1) is 10.4 Å². The van der Waals surface area contributed by atoms with E-state index >= 15 is 0 Å². The number of hydrogen-bond donors (Lipinski definition) is 2. The predicted molar refractivity (Wildman–Crippen MR) is 76.2 cm³/mol. The van der Waals surface area contributed by atoms with E-state index in [1.807, 2.05) is 12.3 Å². The summed E-state index contributed by atoms with van der Waals surface area (Å²) in [6, 6.07) is 2.14. The van der Waals surface area contributed by atoms with E-state index in [-0.39, 0.29) is 16.9 Å². The van der Waals surface area contributed by atoms with Crippen LogP contribution in [0.25, 0.3) is 0 Å². The Balaban J connectivity index is 2.54. The molecule has 3 N–H and O–H groups in total. The lowest BCUT2D eigenvalue weighted by atomic mass is 9.92. The maximum atomic E-state index is 12.0. The first kappa shape index (κ1) is 14.1. The average molecular weight is 270 g/mol. The molecule has 3 nitrogen and oxygen atoms in total. The van der Waals surface area contributed by atoms with Crippen LogP contribution in [-0.4, -0.2) is 16.9 Å². The quantitative estimate of drug-likeness (QED) is 0.806. The Morgan fingerprint density at radius 2 is 2.29 bits per heavy atom. The molecule has 1 aromatic rings. The lowest BCUT2D eigenvalue weighted by molar-refractivity contribution is -0.126. The summed E-state index contributed by atoms with van der Waals surface area (Å²) in [7, 11) is 0. The molecule has 1 atom stereocenters. The Hall–Kier alpha value is -0.940. The summed E-state index contributed by atoms with van der Waals surface area (Å²) in [5.74, 6) is -0.118. The summed E-state index contributed by atoms with van der Waals surface area (Å²) in [4.78, 5) is 12.2. The van der Waals surface area contributed by atoms with Crippen LogP contribution in [0.4, 0.5) is 0 Å². The van der Waals surface area contributed by atoms with Crippen molar-refractivity contribution in [3.63, 3.8) is 0 Å². The molecule has 1 amide bonds. The molecule has 0 aliphatic heterocycles. The van der Waals surface area contributed by atoms with Crippen LogP contribution >= 0.6 is 23.6 Å². The number of amides is 1. The number of hydrogen-bond acceptors (Lipinski definition) is 3. The van der Waals surface area contributed by atoms with Crippen LogP contribution in [0.3, 0.4) is 0 Å². The molecule has 1 heterocycles. The first-order valence-electron chi connectivity index (χ1n) is 5.46. The van der Waals surface area contributed by atoms with Gasteiger partial charge in [-0.3, -0.25) is 4.79 Å². The van der Waals surface area contributed by atoms with Gasteiger partial charge in [0.25, 0.3) is 0 Å². The summed E-state index contributed by atoms with van der Waals surface area (Å²) in [6.45, 7) is 5.45. The zero-order valence-corrected chi connectivity index (χ0v) is 12.0. The number of nitrogens with two attached hydrogens (primary N) is 1. The van der Waals surface area contributed by atoms with Gasteiger partial charge >= 0.3 is 0 Å². The Morgan fingerprint density at radius 1 is 1.65 bits per heavy atom. The molecule has 0 bridgehead atoms. The van der Waals surface area contributed by atoms with Crippen LogP contribution < -0.4 is 11.1 Å². The van der Waals surface area contributed by atoms with Crippen molar-refractivity contribution >= 4 is 34.5 Å². The van der Waals surface area contributed by atoms with E-state index in [0.717, 1.165) is 6.42 Å². The van der Waals surface area contributed by atoms with Gasteiger partial charge in [-0.05, 0) is 49.6 Å². The Labute approximate surface area is 111 Å². The molecule has 1 unspecified atom stereocenters. The van der Waals surface area contributed by atoms with E-state index in [0.29, 0.717) is 0 Å². The zero-order valence-electron chi connectivity index (χ0n) is 10.3. The van der Waals surface area contributed by atoms with Gasteiger partial charge in [0.2, 0.25) is 5.91 Å². The Kier molecular flexibility index (Phi) is 4.65. The van der Waals surface area contributed by atoms with Crippen molar-refractivity contribution in [2.75, 3.05) is 0 Å². The van der Waals surface area contributed by atoms with Crippen molar-refractivity contribution < 1.29 is 4.79 Å². The topological polar surface area (TPSA) is 55.1 Å². The molecule has 0 fully saturated rings. The second kappa shape index (κ2) is 5.60. The molecule has 0 saturated heterocycles. The van der Waals surface area contributed by atoms with Crippen LogP contribution in [0.2, 0.25) is 0 Å². The fourth-order valence-electron chi connectivity index (χ4n) is 1.33. The van der Waals surface area contributed by atoms with Crippen LogP contribution in [0.1, 0.15) is 26.3 Å². The summed E-state index contributed by atoms with van der Waals surface area (Å²) in [5, 5.41) is 7.05. The third-order valence-electron chi connectivity index (χ3n) is 2.68. The molecular weight excluding hydrogens is 252 g/mol. The van der Waals surface area contributed by atoms with Gasteiger partial charge in [0, 0.05) is 6.04 Å². The highest BCUT2D eigenvalue weighted by Crippen LogP contribution is 2.16. The summed E-state index contributed by atoms with van der Waals surface area (Å²) in [6.07, 6.45) is 0.822. The highest BCUT2D eigenvalue weighted by Gasteiger charge is 2.31. The molecule has 0 aliphatic rings. The summed E-state index contributed by atoms with van der Waals surface area (Å²) in [5.41, 5.74) is 5.99. The predicted octanol–water partition coefficient (Wildman–Crippen LogP) is 2.11. The average Bonchev–Trinajstić information content (AvgIpc) is 2.69. The third kappa shape index (κ3) is 3.78. The van der Waals surface area contributed by atoms with Gasteiger partial charge < -0.3 is 11.1 Å². The van der Waals surface area contributed by atoms with Crippen LogP contribution in [-0.2, 0) is 11.2 Å². The molecule has 17 heavy (non-hydrogen) atoms. The van der Waals surface area contributed by atoms with Gasteiger partial charge in [-0.2, -0.15) is 11.3 Å². The minimum atomic E-state index is -0.793. The molecule has 0 aliphatic carbocycles. The summed E-state index contributed by atoms with van der Waals surface area (Å²) < 4.78 is 0. The van der Waals surface area contributed by atoms with E-state index in [2.05, 4.69) is 16.8 Å². The van der Waals surface area contributed by atoms with Crippen molar-refractivity contribution in [1.29, 1.82) is 0 Å². The monoisotopic (exact) mass is 270 g/mol. The summed E-state index contributed by atoms with van der Waals surface area (Å²) >= 11 is 6.55. The van der Waals surface area contributed by atoms with Gasteiger partial charge in [0.1, 0.15) is 0 Å². The van der Waals surface area contributed by atoms with Gasteiger partial charge in [-0.25, -0.2) is 0 Å². The highest BCUT2D eigenvalue weighted by atomic mass is 32.1. The number of rotatable bonds is 5. The van der Waals surface area contributed by atoms with Gasteiger partial charge in [-0.15, -0.1) is 0 Å². The largest absolute Gasteiger partial charge is 0.392 e. The molecule has 0 aromatic carbocycles. The number of nitrogens with one attached hydrogen (secondary N) is 1. The molecule has 5 heteroatoms. The minimum Gasteiger partial charge on any atom is -0.392 e. The van der Waals surface area contributed by atoms with E-state index in [9.17, 15) is 4.79 Å². The van der Waals surface area contributed by atoms with Crippen molar-refractivity contribution in [2.45, 2.75) is 33.2 Å². The second-order valence-electron chi connectivity index (χ2n) is 4.70. The molecule has 0 spiro atoms. The molecule has 94 valence electrons. The molecule has 0 radical (unpaired) electrons. The van der Waals surface area contributed by atoms with Crippen LogP contribution in [0, 0.1) is 5.41 Å². The van der Waals surface area contributed by atoms with Gasteiger partial charge in [-0.1, -0.05) is 12.2 Å². The standard InChI is InChI=1S/C12H18N2OS2/c1-8(6-9-4-5-17-7-9)14-11(15)12(2,3)10(13)16/h4-5,7-8H,6H2,1-3H3,(H2,13,16)(H,14,15). The zero-order chi connectivity index (χ0) is 13.1. The third-order valence-corrected chi connectivity index (χ3v) is 3.93. The highest BCUT2D eigenvalue weighted by molar-refractivity contribution is 7.80. The van der Waals surface area contributed by atoms with Crippen molar-refractivity contribution in [3.05, 3.63) is 22.4 Å². The lowest BCUT2D eigenvalue weighted by Crippen LogP contribution is -2.48. The molecule has 1 rings (SSSR count). The number of thiophene rings is 1. The van der Waals surface area contributed by atoms with E-state index in [4.69, 9.17) is 18.0 Å². The Morgan fingerprint density at radius 3 is 2.76 bits per heavy atom. The maximum Gasteiger partial charge on any atom is 0.232 e. The van der Waals surface area contributed by atoms with Crippen molar-refractivity contribution in [2.24, 2.45) is 11.1 Å². The smallest absolute Gasteiger partial charge is 0.232 e. The molecule has 0 saturated carbocycles. The molecular formula is C12H18N2OS2. The first-order chi connectivity index (χ1) is 7.84.